The highest BCUT2D eigenvalue weighted by atomic mass is 32.1. The van der Waals surface area contributed by atoms with Gasteiger partial charge in [-0.3, -0.25) is 0 Å². The van der Waals surface area contributed by atoms with Crippen LogP contribution >= 0.6 is 11.3 Å². The number of nitrogens with two attached hydrogens (primary N) is 1. The summed E-state index contributed by atoms with van der Waals surface area (Å²) >= 11 is 1.46. The lowest BCUT2D eigenvalue weighted by Gasteiger charge is -2.01. The summed E-state index contributed by atoms with van der Waals surface area (Å²) in [5.41, 5.74) is 5.69. The molecule has 0 atom stereocenters. The van der Waals surface area contributed by atoms with Gasteiger partial charge in [-0.2, -0.15) is 0 Å². The molecule has 0 spiro atoms. The highest BCUT2D eigenvalue weighted by Crippen LogP contribution is 2.29. The monoisotopic (exact) mass is 206 g/mol. The van der Waals surface area contributed by atoms with E-state index in [1.807, 2.05) is 6.07 Å². The molecule has 0 aromatic carbocycles. The third-order valence-corrected chi connectivity index (χ3v) is 2.63. The number of nitrogens with one attached hydrogen (secondary N) is 1. The van der Waals surface area contributed by atoms with Gasteiger partial charge in [0.25, 0.3) is 0 Å². The van der Waals surface area contributed by atoms with E-state index in [4.69, 9.17) is 5.73 Å². The van der Waals surface area contributed by atoms with Gasteiger partial charge < -0.3 is 11.1 Å². The lowest BCUT2D eigenvalue weighted by molar-refractivity contribution is 1.19. The van der Waals surface area contributed by atoms with E-state index in [0.717, 1.165) is 21.0 Å². The zero-order valence-electron chi connectivity index (χ0n) is 7.53. The first-order valence-electron chi connectivity index (χ1n) is 4.16. The SMILES string of the molecule is C=CCNc1ncnc2sc(N)cc12. The van der Waals surface area contributed by atoms with Crippen molar-refractivity contribution in [1.82, 2.24) is 9.97 Å². The van der Waals surface area contributed by atoms with Crippen molar-refractivity contribution in [3.05, 3.63) is 25.0 Å². The Bertz CT molecular complexity index is 463. The maximum absolute atomic E-state index is 5.69. The molecule has 2 rings (SSSR count). The summed E-state index contributed by atoms with van der Waals surface area (Å²) in [4.78, 5) is 9.18. The Kier molecular flexibility index (Phi) is 2.32. The molecule has 0 saturated carbocycles. The van der Waals surface area contributed by atoms with E-state index >= 15 is 0 Å². The first kappa shape index (κ1) is 8.96. The number of nitrogen functional groups attached to an aromatic ring is 1. The van der Waals surface area contributed by atoms with Gasteiger partial charge in [0.1, 0.15) is 17.0 Å². The summed E-state index contributed by atoms with van der Waals surface area (Å²) in [5, 5.41) is 4.85. The second-order valence-electron chi connectivity index (χ2n) is 2.76. The molecule has 0 aliphatic rings. The van der Waals surface area contributed by atoms with Gasteiger partial charge in [0, 0.05) is 6.54 Å². The molecule has 0 aliphatic heterocycles. The molecule has 4 nitrogen and oxygen atoms in total. The van der Waals surface area contributed by atoms with Crippen LogP contribution in [0.2, 0.25) is 0 Å². The van der Waals surface area contributed by atoms with E-state index in [-0.39, 0.29) is 0 Å². The highest BCUT2D eigenvalue weighted by Gasteiger charge is 2.05. The predicted molar refractivity (Wildman–Crippen MR) is 60.5 cm³/mol. The van der Waals surface area contributed by atoms with Gasteiger partial charge in [0.2, 0.25) is 0 Å². The minimum atomic E-state index is 0.682. The molecular weight excluding hydrogens is 196 g/mol. The molecule has 0 bridgehead atoms. The van der Waals surface area contributed by atoms with E-state index in [2.05, 4.69) is 21.9 Å². The molecule has 14 heavy (non-hydrogen) atoms. The van der Waals surface area contributed by atoms with Crippen LogP contribution in [0, 0.1) is 0 Å². The molecule has 72 valence electrons. The van der Waals surface area contributed by atoms with Crippen LogP contribution in [0.3, 0.4) is 0 Å². The zero-order chi connectivity index (χ0) is 9.97. The maximum Gasteiger partial charge on any atom is 0.138 e. The first-order chi connectivity index (χ1) is 6.81. The van der Waals surface area contributed by atoms with Gasteiger partial charge >= 0.3 is 0 Å². The largest absolute Gasteiger partial charge is 0.391 e. The molecule has 2 aromatic heterocycles. The number of hydrogen-bond acceptors (Lipinski definition) is 5. The topological polar surface area (TPSA) is 63.8 Å². The predicted octanol–water partition coefficient (Wildman–Crippen LogP) is 1.87. The molecule has 0 fully saturated rings. The smallest absolute Gasteiger partial charge is 0.138 e. The summed E-state index contributed by atoms with van der Waals surface area (Å²) in [6, 6.07) is 1.88. The van der Waals surface area contributed by atoms with Crippen molar-refractivity contribution in [1.29, 1.82) is 0 Å². The van der Waals surface area contributed by atoms with Gasteiger partial charge in [-0.25, -0.2) is 9.97 Å². The Hall–Kier alpha value is -1.62. The van der Waals surface area contributed by atoms with E-state index in [0.29, 0.717) is 6.54 Å². The van der Waals surface area contributed by atoms with Crippen LogP contribution in [0.5, 0.6) is 0 Å². The quantitative estimate of drug-likeness (QED) is 0.752. The molecule has 5 heteroatoms. The second-order valence-corrected chi connectivity index (χ2v) is 3.82. The van der Waals surface area contributed by atoms with Gasteiger partial charge in [0.05, 0.1) is 10.4 Å². The Morgan fingerprint density at radius 3 is 3.21 bits per heavy atom. The van der Waals surface area contributed by atoms with E-state index in [9.17, 15) is 0 Å². The fourth-order valence-corrected chi connectivity index (χ4v) is 1.95. The van der Waals surface area contributed by atoms with E-state index in [1.165, 1.54) is 17.7 Å². The standard InChI is InChI=1S/C9H10N4S/c1-2-3-11-8-6-4-7(10)14-9(6)13-5-12-8/h2,4-5H,1,3,10H2,(H,11,12,13). The van der Waals surface area contributed by atoms with Crippen LogP contribution in [-0.4, -0.2) is 16.5 Å². The average Bonchev–Trinajstić information content (AvgIpc) is 2.55. The minimum Gasteiger partial charge on any atom is -0.391 e. The number of aromatic nitrogens is 2. The fourth-order valence-electron chi connectivity index (χ4n) is 1.18. The van der Waals surface area contributed by atoms with Crippen LogP contribution < -0.4 is 11.1 Å². The number of hydrogen-bond donors (Lipinski definition) is 2. The third kappa shape index (κ3) is 1.54. The Morgan fingerprint density at radius 1 is 1.57 bits per heavy atom. The van der Waals surface area contributed by atoms with Crippen LogP contribution in [-0.2, 0) is 0 Å². The summed E-state index contributed by atoms with van der Waals surface area (Å²) in [6.07, 6.45) is 3.31. The highest BCUT2D eigenvalue weighted by molar-refractivity contribution is 7.22. The number of rotatable bonds is 3. The van der Waals surface area contributed by atoms with Crippen molar-refractivity contribution in [3.63, 3.8) is 0 Å². The normalized spacial score (nSPS) is 10.3. The second kappa shape index (κ2) is 3.63. The van der Waals surface area contributed by atoms with Crippen molar-refractivity contribution in [2.75, 3.05) is 17.6 Å². The summed E-state index contributed by atoms with van der Waals surface area (Å²) < 4.78 is 0. The number of thiophene rings is 1. The van der Waals surface area contributed by atoms with Crippen LogP contribution in [0.1, 0.15) is 0 Å². The molecule has 2 heterocycles. The number of nitrogens with zero attached hydrogens (tertiary/aromatic N) is 2. The van der Waals surface area contributed by atoms with Crippen molar-refractivity contribution >= 4 is 32.4 Å². The summed E-state index contributed by atoms with van der Waals surface area (Å²) in [6.45, 7) is 4.32. The van der Waals surface area contributed by atoms with Gasteiger partial charge in [-0.1, -0.05) is 17.4 Å². The van der Waals surface area contributed by atoms with Crippen molar-refractivity contribution in [2.24, 2.45) is 0 Å². The molecule has 0 amide bonds. The summed E-state index contributed by atoms with van der Waals surface area (Å²) in [7, 11) is 0. The minimum absolute atomic E-state index is 0.682. The van der Waals surface area contributed by atoms with Gasteiger partial charge in [-0.15, -0.1) is 6.58 Å². The molecule has 0 radical (unpaired) electrons. The lowest BCUT2D eigenvalue weighted by atomic mass is 10.3. The Labute approximate surface area is 85.5 Å². The van der Waals surface area contributed by atoms with Crippen LogP contribution in [0.15, 0.2) is 25.0 Å². The Balaban J connectivity index is 2.47. The molecule has 0 aliphatic carbocycles. The van der Waals surface area contributed by atoms with Crippen LogP contribution in [0.25, 0.3) is 10.2 Å². The van der Waals surface area contributed by atoms with Crippen LogP contribution in [0.4, 0.5) is 10.8 Å². The van der Waals surface area contributed by atoms with Gasteiger partial charge in [0.15, 0.2) is 0 Å². The molecule has 2 aromatic rings. The van der Waals surface area contributed by atoms with E-state index in [1.54, 1.807) is 6.08 Å². The molecule has 0 saturated heterocycles. The molecule has 3 N–H and O–H groups in total. The zero-order valence-corrected chi connectivity index (χ0v) is 8.34. The molecule has 0 unspecified atom stereocenters. The summed E-state index contributed by atoms with van der Waals surface area (Å²) in [5.74, 6) is 0.808. The van der Waals surface area contributed by atoms with Crippen molar-refractivity contribution < 1.29 is 0 Å². The third-order valence-electron chi connectivity index (χ3n) is 1.76. The van der Waals surface area contributed by atoms with Crippen molar-refractivity contribution in [3.8, 4) is 0 Å². The first-order valence-corrected chi connectivity index (χ1v) is 4.97. The number of anilines is 2. The molecular formula is C9H10N4S. The average molecular weight is 206 g/mol. The lowest BCUT2D eigenvalue weighted by Crippen LogP contribution is -2.00. The fraction of sp³-hybridized carbons (Fsp3) is 0.111. The van der Waals surface area contributed by atoms with Gasteiger partial charge in [-0.05, 0) is 6.07 Å². The Morgan fingerprint density at radius 2 is 2.43 bits per heavy atom. The number of fused-ring (bicyclic) bond motifs is 1. The van der Waals surface area contributed by atoms with Crippen molar-refractivity contribution in [2.45, 2.75) is 0 Å². The van der Waals surface area contributed by atoms with E-state index < -0.39 is 0 Å². The maximum atomic E-state index is 5.69.